The molecule has 0 unspecified atom stereocenters. The SMILES string of the molecule is C=CC(=O)N1C[C@@H](n2nc(I)c3c(N)ncnc32)C[C@@H]1CCOC. The number of halogens is 1. The highest BCUT2D eigenvalue weighted by Crippen LogP contribution is 2.33. The van der Waals surface area contributed by atoms with Crippen molar-refractivity contribution in [3.63, 3.8) is 0 Å². The van der Waals surface area contributed by atoms with E-state index in [2.05, 4.69) is 44.2 Å². The van der Waals surface area contributed by atoms with Crippen molar-refractivity contribution in [2.75, 3.05) is 26.0 Å². The molecule has 0 saturated carbocycles. The lowest BCUT2D eigenvalue weighted by Gasteiger charge is -2.22. The molecule has 1 aliphatic rings. The number of hydrogen-bond acceptors (Lipinski definition) is 6. The Balaban J connectivity index is 1.94. The molecule has 1 aliphatic heterocycles. The number of rotatable bonds is 5. The van der Waals surface area contributed by atoms with Crippen molar-refractivity contribution in [2.45, 2.75) is 24.9 Å². The van der Waals surface area contributed by atoms with E-state index in [1.54, 1.807) is 7.11 Å². The second kappa shape index (κ2) is 7.01. The number of anilines is 1. The van der Waals surface area contributed by atoms with Gasteiger partial charge in [0.1, 0.15) is 15.8 Å². The third-order valence-electron chi connectivity index (χ3n) is 4.33. The van der Waals surface area contributed by atoms with Crippen molar-refractivity contribution < 1.29 is 9.53 Å². The number of amides is 1. The molecule has 1 amide bonds. The van der Waals surface area contributed by atoms with Crippen molar-refractivity contribution in [1.82, 2.24) is 24.6 Å². The smallest absolute Gasteiger partial charge is 0.246 e. The highest BCUT2D eigenvalue weighted by Gasteiger charge is 2.36. The molecule has 1 fully saturated rings. The first-order valence-corrected chi connectivity index (χ1v) is 8.70. The molecule has 24 heavy (non-hydrogen) atoms. The zero-order chi connectivity index (χ0) is 17.3. The van der Waals surface area contributed by atoms with Crippen LogP contribution in [0.5, 0.6) is 0 Å². The summed E-state index contributed by atoms with van der Waals surface area (Å²) in [5.74, 6) is 0.350. The van der Waals surface area contributed by atoms with Crippen molar-refractivity contribution in [1.29, 1.82) is 0 Å². The molecule has 3 heterocycles. The van der Waals surface area contributed by atoms with Crippen LogP contribution in [0.2, 0.25) is 0 Å². The minimum Gasteiger partial charge on any atom is -0.385 e. The standard InChI is InChI=1S/C15H19IN6O2/c1-3-11(23)21-7-10(6-9(21)4-5-24-2)22-15-12(13(16)20-22)14(17)18-8-19-15/h3,8-10H,1,4-7H2,2H3,(H2,17,18,19)/t9-,10-/m0/s1. The molecule has 0 spiro atoms. The van der Waals surface area contributed by atoms with E-state index in [0.717, 1.165) is 21.9 Å². The van der Waals surface area contributed by atoms with Gasteiger partial charge in [0, 0.05) is 26.3 Å². The number of nitrogens with two attached hydrogens (primary N) is 1. The third kappa shape index (κ3) is 2.97. The van der Waals surface area contributed by atoms with E-state index in [0.29, 0.717) is 24.6 Å². The number of ether oxygens (including phenoxy) is 1. The van der Waals surface area contributed by atoms with Crippen LogP contribution in [0.25, 0.3) is 11.0 Å². The highest BCUT2D eigenvalue weighted by molar-refractivity contribution is 14.1. The molecule has 0 aromatic carbocycles. The largest absolute Gasteiger partial charge is 0.385 e. The third-order valence-corrected chi connectivity index (χ3v) is 5.08. The number of nitrogens with zero attached hydrogens (tertiary/aromatic N) is 5. The van der Waals surface area contributed by atoms with Crippen LogP contribution in [0.15, 0.2) is 19.0 Å². The van der Waals surface area contributed by atoms with Gasteiger partial charge in [0.2, 0.25) is 5.91 Å². The first-order valence-electron chi connectivity index (χ1n) is 7.63. The van der Waals surface area contributed by atoms with Gasteiger partial charge in [-0.3, -0.25) is 4.79 Å². The van der Waals surface area contributed by atoms with E-state index in [4.69, 9.17) is 10.5 Å². The Labute approximate surface area is 153 Å². The van der Waals surface area contributed by atoms with E-state index < -0.39 is 0 Å². The van der Waals surface area contributed by atoms with Gasteiger partial charge in [-0.05, 0) is 41.5 Å². The fraction of sp³-hybridized carbons (Fsp3) is 0.467. The predicted molar refractivity (Wildman–Crippen MR) is 98.3 cm³/mol. The van der Waals surface area contributed by atoms with Gasteiger partial charge in [0.05, 0.1) is 11.4 Å². The van der Waals surface area contributed by atoms with Gasteiger partial charge in [-0.25, -0.2) is 14.6 Å². The van der Waals surface area contributed by atoms with Gasteiger partial charge in [-0.15, -0.1) is 0 Å². The Bertz CT molecular complexity index is 777. The summed E-state index contributed by atoms with van der Waals surface area (Å²) in [7, 11) is 1.66. The quantitative estimate of drug-likeness (QED) is 0.555. The summed E-state index contributed by atoms with van der Waals surface area (Å²) in [6.07, 6.45) is 4.36. The zero-order valence-corrected chi connectivity index (χ0v) is 15.5. The van der Waals surface area contributed by atoms with Gasteiger partial charge < -0.3 is 15.4 Å². The van der Waals surface area contributed by atoms with Crippen LogP contribution >= 0.6 is 22.6 Å². The number of carbonyl (C=O) groups is 1. The van der Waals surface area contributed by atoms with E-state index in [-0.39, 0.29) is 18.0 Å². The van der Waals surface area contributed by atoms with Gasteiger partial charge in [0.25, 0.3) is 0 Å². The van der Waals surface area contributed by atoms with Crippen LogP contribution in [0.1, 0.15) is 18.9 Å². The number of fused-ring (bicyclic) bond motifs is 1. The van der Waals surface area contributed by atoms with Crippen molar-refractivity contribution in [2.24, 2.45) is 0 Å². The number of carbonyl (C=O) groups excluding carboxylic acids is 1. The molecule has 0 radical (unpaired) electrons. The number of likely N-dealkylation sites (tertiary alicyclic amines) is 1. The Morgan fingerprint density at radius 1 is 1.58 bits per heavy atom. The molecule has 2 N–H and O–H groups in total. The monoisotopic (exact) mass is 442 g/mol. The van der Waals surface area contributed by atoms with E-state index in [9.17, 15) is 4.79 Å². The summed E-state index contributed by atoms with van der Waals surface area (Å²) < 4.78 is 7.80. The Kier molecular flexibility index (Phi) is 4.99. The minimum atomic E-state index is -0.0705. The maximum atomic E-state index is 12.2. The molecular weight excluding hydrogens is 423 g/mol. The summed E-state index contributed by atoms with van der Waals surface area (Å²) in [6, 6.07) is 0.132. The van der Waals surface area contributed by atoms with Crippen LogP contribution < -0.4 is 5.73 Å². The molecule has 3 rings (SSSR count). The van der Waals surface area contributed by atoms with Crippen molar-refractivity contribution in [3.8, 4) is 0 Å². The van der Waals surface area contributed by atoms with Crippen LogP contribution in [-0.4, -0.2) is 56.9 Å². The average Bonchev–Trinajstić information content (AvgIpc) is 3.14. The number of nitrogen functional groups attached to an aromatic ring is 1. The van der Waals surface area contributed by atoms with Gasteiger partial charge in [0.15, 0.2) is 5.65 Å². The average molecular weight is 442 g/mol. The molecular formula is C15H19IN6O2. The maximum Gasteiger partial charge on any atom is 0.246 e. The summed E-state index contributed by atoms with van der Waals surface area (Å²) in [5.41, 5.74) is 6.66. The molecule has 2 aromatic heterocycles. The Morgan fingerprint density at radius 3 is 3.08 bits per heavy atom. The van der Waals surface area contributed by atoms with Crippen LogP contribution in [0, 0.1) is 3.70 Å². The lowest BCUT2D eigenvalue weighted by molar-refractivity contribution is -0.127. The summed E-state index contributed by atoms with van der Waals surface area (Å²) in [6.45, 7) is 4.77. The topological polar surface area (TPSA) is 99.2 Å². The van der Waals surface area contributed by atoms with Crippen LogP contribution in [-0.2, 0) is 9.53 Å². The molecule has 0 aliphatic carbocycles. The molecule has 1 saturated heterocycles. The Morgan fingerprint density at radius 2 is 2.38 bits per heavy atom. The van der Waals surface area contributed by atoms with Gasteiger partial charge >= 0.3 is 0 Å². The van der Waals surface area contributed by atoms with E-state index in [1.165, 1.54) is 12.4 Å². The second-order valence-corrected chi connectivity index (χ2v) is 6.73. The molecule has 9 heteroatoms. The zero-order valence-electron chi connectivity index (χ0n) is 13.4. The van der Waals surface area contributed by atoms with Crippen LogP contribution in [0.4, 0.5) is 5.82 Å². The summed E-state index contributed by atoms with van der Waals surface area (Å²) in [4.78, 5) is 22.4. The Hall–Kier alpha value is -1.75. The highest BCUT2D eigenvalue weighted by atomic mass is 127. The molecule has 0 bridgehead atoms. The lowest BCUT2D eigenvalue weighted by Crippen LogP contribution is -2.35. The number of methoxy groups -OCH3 is 1. The normalized spacial score (nSPS) is 20.7. The molecule has 8 nitrogen and oxygen atoms in total. The minimum absolute atomic E-state index is 0.0380. The maximum absolute atomic E-state index is 12.2. The second-order valence-electron chi connectivity index (χ2n) is 5.71. The summed E-state index contributed by atoms with van der Waals surface area (Å²) in [5, 5.41) is 5.36. The van der Waals surface area contributed by atoms with E-state index >= 15 is 0 Å². The lowest BCUT2D eigenvalue weighted by atomic mass is 10.1. The van der Waals surface area contributed by atoms with Crippen molar-refractivity contribution >= 4 is 45.3 Å². The first-order chi connectivity index (χ1) is 11.6. The van der Waals surface area contributed by atoms with Gasteiger partial charge in [-0.2, -0.15) is 5.10 Å². The molecule has 2 atom stereocenters. The summed E-state index contributed by atoms with van der Waals surface area (Å²) >= 11 is 2.14. The number of aromatic nitrogens is 4. The number of hydrogen-bond donors (Lipinski definition) is 1. The fourth-order valence-electron chi connectivity index (χ4n) is 3.19. The fourth-order valence-corrected chi connectivity index (χ4v) is 3.94. The van der Waals surface area contributed by atoms with Gasteiger partial charge in [-0.1, -0.05) is 6.58 Å². The molecule has 128 valence electrons. The van der Waals surface area contributed by atoms with Crippen molar-refractivity contribution in [3.05, 3.63) is 22.7 Å². The van der Waals surface area contributed by atoms with Crippen LogP contribution in [0.3, 0.4) is 0 Å². The molecule has 2 aromatic rings. The first kappa shape index (κ1) is 17.1. The van der Waals surface area contributed by atoms with E-state index in [1.807, 2.05) is 9.58 Å². The predicted octanol–water partition coefficient (Wildman–Crippen LogP) is 1.38.